The molecule has 0 aliphatic heterocycles. The van der Waals surface area contributed by atoms with Crippen molar-refractivity contribution in [1.82, 2.24) is 5.32 Å². The van der Waals surface area contributed by atoms with E-state index in [1.165, 1.54) is 0 Å². The molecule has 0 heterocycles. The van der Waals surface area contributed by atoms with Gasteiger partial charge < -0.3 is 10.4 Å². The first-order valence-electron chi connectivity index (χ1n) is 3.87. The lowest BCUT2D eigenvalue weighted by atomic mass is 10.3. The summed E-state index contributed by atoms with van der Waals surface area (Å²) < 4.78 is 0. The Balaban J connectivity index is 3.73. The molecule has 0 aromatic carbocycles. The number of hydrogen-bond donors (Lipinski definition) is 2. The summed E-state index contributed by atoms with van der Waals surface area (Å²) in [7, 11) is 0. The molecule has 0 aliphatic rings. The van der Waals surface area contributed by atoms with Crippen molar-refractivity contribution in [2.75, 3.05) is 23.7 Å². The highest BCUT2D eigenvalue weighted by Gasteiger charge is 2.16. The SMILES string of the molecule is CSCSC[C@@H](CO)NC(=O)C(Cl)Cl. The van der Waals surface area contributed by atoms with E-state index in [0.717, 1.165) is 5.08 Å². The van der Waals surface area contributed by atoms with Gasteiger partial charge in [0.2, 0.25) is 0 Å². The van der Waals surface area contributed by atoms with Crippen LogP contribution < -0.4 is 5.32 Å². The Morgan fingerprint density at radius 2 is 2.21 bits per heavy atom. The number of carbonyl (C=O) groups is 1. The number of aliphatic hydroxyl groups excluding tert-OH is 1. The molecular formula is C7H13Cl2NO2S2. The standard InChI is InChI=1S/C7H13Cl2NO2S2/c1-13-4-14-3-5(2-11)10-7(12)6(8)9/h5-6,11H,2-4H2,1H3,(H,10,12)/t5-/m1/s1. The minimum Gasteiger partial charge on any atom is -0.394 e. The molecule has 0 radical (unpaired) electrons. The lowest BCUT2D eigenvalue weighted by molar-refractivity contribution is -0.120. The fraction of sp³-hybridized carbons (Fsp3) is 0.857. The van der Waals surface area contributed by atoms with Crippen molar-refractivity contribution < 1.29 is 9.90 Å². The van der Waals surface area contributed by atoms with E-state index in [1.807, 2.05) is 6.26 Å². The molecule has 0 saturated heterocycles. The highest BCUT2D eigenvalue weighted by atomic mass is 35.5. The summed E-state index contributed by atoms with van der Waals surface area (Å²) in [5.41, 5.74) is 0. The molecule has 0 spiro atoms. The smallest absolute Gasteiger partial charge is 0.253 e. The van der Waals surface area contributed by atoms with E-state index in [4.69, 9.17) is 28.3 Å². The van der Waals surface area contributed by atoms with E-state index in [9.17, 15) is 4.79 Å². The molecule has 0 unspecified atom stereocenters. The molecule has 0 bridgehead atoms. The molecule has 14 heavy (non-hydrogen) atoms. The normalized spacial score (nSPS) is 12.9. The molecule has 84 valence electrons. The number of alkyl halides is 2. The zero-order chi connectivity index (χ0) is 11.0. The zero-order valence-electron chi connectivity index (χ0n) is 7.70. The minimum atomic E-state index is -1.07. The van der Waals surface area contributed by atoms with Crippen molar-refractivity contribution >= 4 is 52.6 Å². The summed E-state index contributed by atoms with van der Waals surface area (Å²) >= 11 is 14.0. The van der Waals surface area contributed by atoms with Crippen LogP contribution in [0.3, 0.4) is 0 Å². The monoisotopic (exact) mass is 277 g/mol. The summed E-state index contributed by atoms with van der Waals surface area (Å²) in [6.45, 7) is -0.104. The number of nitrogens with one attached hydrogen (secondary N) is 1. The fourth-order valence-electron chi connectivity index (χ4n) is 0.678. The van der Waals surface area contributed by atoms with Crippen molar-refractivity contribution in [2.45, 2.75) is 10.9 Å². The summed E-state index contributed by atoms with van der Waals surface area (Å²) in [5, 5.41) is 12.4. The molecule has 0 aromatic rings. The van der Waals surface area contributed by atoms with Gasteiger partial charge in [0, 0.05) is 10.8 Å². The Morgan fingerprint density at radius 1 is 1.57 bits per heavy atom. The quantitative estimate of drug-likeness (QED) is 0.419. The molecule has 1 amide bonds. The maximum absolute atomic E-state index is 11.0. The molecule has 0 aliphatic carbocycles. The highest BCUT2D eigenvalue weighted by molar-refractivity contribution is 8.15. The highest BCUT2D eigenvalue weighted by Crippen LogP contribution is 2.10. The van der Waals surface area contributed by atoms with Crippen LogP contribution in [0.5, 0.6) is 0 Å². The molecule has 0 fully saturated rings. The van der Waals surface area contributed by atoms with E-state index in [2.05, 4.69) is 5.32 Å². The van der Waals surface area contributed by atoms with Gasteiger partial charge in [-0.25, -0.2) is 0 Å². The third-order valence-corrected chi connectivity index (χ3v) is 3.93. The summed E-state index contributed by atoms with van der Waals surface area (Å²) in [4.78, 5) is 9.97. The molecule has 0 rings (SSSR count). The van der Waals surface area contributed by atoms with Crippen LogP contribution >= 0.6 is 46.7 Å². The lowest BCUT2D eigenvalue weighted by Gasteiger charge is -2.15. The lowest BCUT2D eigenvalue weighted by Crippen LogP contribution is -2.41. The predicted molar refractivity (Wildman–Crippen MR) is 65.4 cm³/mol. The van der Waals surface area contributed by atoms with E-state index in [1.54, 1.807) is 23.5 Å². The Labute approximate surface area is 102 Å². The number of halogens is 2. The van der Waals surface area contributed by atoms with E-state index in [0.29, 0.717) is 5.75 Å². The first-order chi connectivity index (χ1) is 6.61. The topological polar surface area (TPSA) is 49.3 Å². The van der Waals surface area contributed by atoms with Crippen LogP contribution in [0, 0.1) is 0 Å². The van der Waals surface area contributed by atoms with Crippen LogP contribution in [0.4, 0.5) is 0 Å². The van der Waals surface area contributed by atoms with E-state index < -0.39 is 10.7 Å². The van der Waals surface area contributed by atoms with Crippen LogP contribution in [0.15, 0.2) is 0 Å². The van der Waals surface area contributed by atoms with Gasteiger partial charge in [-0.3, -0.25) is 4.79 Å². The van der Waals surface area contributed by atoms with Crippen molar-refractivity contribution in [1.29, 1.82) is 0 Å². The zero-order valence-corrected chi connectivity index (χ0v) is 10.8. The molecule has 7 heteroatoms. The van der Waals surface area contributed by atoms with Gasteiger partial charge in [0.05, 0.1) is 12.6 Å². The largest absolute Gasteiger partial charge is 0.394 e. The molecule has 3 nitrogen and oxygen atoms in total. The average Bonchev–Trinajstić information content (AvgIpc) is 2.16. The van der Waals surface area contributed by atoms with Crippen LogP contribution in [0.25, 0.3) is 0 Å². The van der Waals surface area contributed by atoms with Crippen LogP contribution in [0.1, 0.15) is 0 Å². The second-order valence-corrected chi connectivity index (χ2v) is 5.82. The van der Waals surface area contributed by atoms with Crippen molar-refractivity contribution in [2.24, 2.45) is 0 Å². The maximum Gasteiger partial charge on any atom is 0.253 e. The third kappa shape index (κ3) is 7.06. The summed E-state index contributed by atoms with van der Waals surface area (Å²) in [5.74, 6) is 0.195. The van der Waals surface area contributed by atoms with E-state index >= 15 is 0 Å². The van der Waals surface area contributed by atoms with Crippen molar-refractivity contribution in [3.63, 3.8) is 0 Å². The van der Waals surface area contributed by atoms with Gasteiger partial charge in [-0.15, -0.1) is 11.8 Å². The third-order valence-electron chi connectivity index (χ3n) is 1.29. The second-order valence-electron chi connectivity index (χ2n) is 2.47. The van der Waals surface area contributed by atoms with Gasteiger partial charge in [-0.2, -0.15) is 11.8 Å². The number of aliphatic hydroxyl groups is 1. The first-order valence-corrected chi connectivity index (χ1v) is 7.30. The number of thioether (sulfide) groups is 2. The summed E-state index contributed by atoms with van der Waals surface area (Å²) in [6, 6.07) is -0.278. The maximum atomic E-state index is 11.0. The number of hydrogen-bond acceptors (Lipinski definition) is 4. The van der Waals surface area contributed by atoms with Gasteiger partial charge in [0.1, 0.15) is 0 Å². The van der Waals surface area contributed by atoms with Crippen LogP contribution in [-0.4, -0.2) is 45.6 Å². The van der Waals surface area contributed by atoms with E-state index in [-0.39, 0.29) is 12.6 Å². The van der Waals surface area contributed by atoms with Crippen molar-refractivity contribution in [3.8, 4) is 0 Å². The number of carbonyl (C=O) groups excluding carboxylic acids is 1. The van der Waals surface area contributed by atoms with Gasteiger partial charge in [0.15, 0.2) is 4.84 Å². The van der Waals surface area contributed by atoms with Crippen LogP contribution in [-0.2, 0) is 4.79 Å². The molecule has 2 N–H and O–H groups in total. The second kappa shape index (κ2) is 8.97. The van der Waals surface area contributed by atoms with Gasteiger partial charge in [-0.05, 0) is 6.26 Å². The van der Waals surface area contributed by atoms with Crippen molar-refractivity contribution in [3.05, 3.63) is 0 Å². The average molecular weight is 278 g/mol. The number of amides is 1. The molecule has 1 atom stereocenters. The van der Waals surface area contributed by atoms with Crippen LogP contribution in [0.2, 0.25) is 0 Å². The predicted octanol–water partition coefficient (Wildman–Crippen LogP) is 1.32. The Bertz CT molecular complexity index is 172. The van der Waals surface area contributed by atoms with Gasteiger partial charge >= 0.3 is 0 Å². The molecule has 0 aromatic heterocycles. The molecular weight excluding hydrogens is 265 g/mol. The Hall–Kier alpha value is 0.710. The summed E-state index contributed by atoms with van der Waals surface area (Å²) in [6.07, 6.45) is 1.99. The number of rotatable bonds is 7. The van der Waals surface area contributed by atoms with Gasteiger partial charge in [-0.1, -0.05) is 23.2 Å². The van der Waals surface area contributed by atoms with Gasteiger partial charge in [0.25, 0.3) is 5.91 Å². The Morgan fingerprint density at radius 3 is 2.64 bits per heavy atom. The Kier molecular flexibility index (Phi) is 9.43. The minimum absolute atomic E-state index is 0.104. The first kappa shape index (κ1) is 14.7. The fourth-order valence-corrected chi connectivity index (χ4v) is 2.33. The molecule has 0 saturated carbocycles.